The van der Waals surface area contributed by atoms with Gasteiger partial charge in [-0.25, -0.2) is 4.79 Å². The molecule has 0 aliphatic carbocycles. The molecule has 0 aliphatic heterocycles. The third-order valence-corrected chi connectivity index (χ3v) is 3.48. The molecule has 0 saturated carbocycles. The largest absolute Gasteiger partial charge is 0.507 e. The van der Waals surface area contributed by atoms with Gasteiger partial charge < -0.3 is 14.9 Å². The van der Waals surface area contributed by atoms with Crippen molar-refractivity contribution in [3.63, 3.8) is 0 Å². The van der Waals surface area contributed by atoms with Crippen molar-refractivity contribution in [1.82, 2.24) is 0 Å². The Morgan fingerprint density at radius 3 is 2.21 bits per heavy atom. The van der Waals surface area contributed by atoms with Gasteiger partial charge in [-0.05, 0) is 68.5 Å². The highest BCUT2D eigenvalue weighted by Crippen LogP contribution is 2.27. The van der Waals surface area contributed by atoms with E-state index in [1.54, 1.807) is 13.2 Å². The summed E-state index contributed by atoms with van der Waals surface area (Å²) in [6, 6.07) is 3.64. The van der Waals surface area contributed by atoms with Crippen LogP contribution in [-0.4, -0.2) is 29.9 Å². The van der Waals surface area contributed by atoms with Gasteiger partial charge in [0, 0.05) is 13.2 Å². The van der Waals surface area contributed by atoms with Crippen molar-refractivity contribution in [2.24, 2.45) is 0 Å². The molecular weight excluding hydrogens is 304 g/mol. The SMILES string of the molecule is COCC(C)=CCc1cc(C=CC(=O)O)cc(CC=C(C)C)c1O. The van der Waals surface area contributed by atoms with Crippen molar-refractivity contribution in [2.45, 2.75) is 33.6 Å². The maximum Gasteiger partial charge on any atom is 0.328 e. The van der Waals surface area contributed by atoms with E-state index in [1.165, 1.54) is 5.57 Å². The molecule has 0 unspecified atom stereocenters. The molecular formula is C20H26O4. The first kappa shape index (κ1) is 19.7. The van der Waals surface area contributed by atoms with E-state index < -0.39 is 5.97 Å². The molecule has 0 spiro atoms. The van der Waals surface area contributed by atoms with Gasteiger partial charge in [-0.2, -0.15) is 0 Å². The third kappa shape index (κ3) is 6.84. The van der Waals surface area contributed by atoms with Crippen molar-refractivity contribution < 1.29 is 19.7 Å². The van der Waals surface area contributed by atoms with E-state index in [0.29, 0.717) is 19.4 Å². The highest BCUT2D eigenvalue weighted by molar-refractivity contribution is 5.85. The fourth-order valence-electron chi connectivity index (χ4n) is 2.25. The van der Waals surface area contributed by atoms with Gasteiger partial charge in [0.15, 0.2) is 0 Å². The van der Waals surface area contributed by atoms with E-state index in [2.05, 4.69) is 0 Å². The summed E-state index contributed by atoms with van der Waals surface area (Å²) in [5.74, 6) is -0.729. The molecule has 2 N–H and O–H groups in total. The van der Waals surface area contributed by atoms with E-state index in [0.717, 1.165) is 28.3 Å². The number of carboxylic acids is 1. The quantitative estimate of drug-likeness (QED) is 0.555. The number of aliphatic carboxylic acids is 1. The van der Waals surface area contributed by atoms with E-state index >= 15 is 0 Å². The maximum absolute atomic E-state index is 10.7. The van der Waals surface area contributed by atoms with E-state index in [4.69, 9.17) is 9.84 Å². The smallest absolute Gasteiger partial charge is 0.328 e. The molecule has 0 saturated heterocycles. The lowest BCUT2D eigenvalue weighted by atomic mass is 9.98. The van der Waals surface area contributed by atoms with Crippen LogP contribution in [0.1, 0.15) is 37.5 Å². The number of hydrogen-bond donors (Lipinski definition) is 2. The molecule has 4 nitrogen and oxygen atoms in total. The Kier molecular flexibility index (Phi) is 7.99. The number of allylic oxidation sites excluding steroid dienone is 3. The molecule has 0 amide bonds. The van der Waals surface area contributed by atoms with Gasteiger partial charge in [0.05, 0.1) is 6.61 Å². The number of phenolic OH excluding ortho intramolecular Hbond substituents is 1. The third-order valence-electron chi connectivity index (χ3n) is 3.48. The van der Waals surface area contributed by atoms with Crippen LogP contribution in [0.2, 0.25) is 0 Å². The average molecular weight is 330 g/mol. The monoisotopic (exact) mass is 330 g/mol. The molecule has 4 heteroatoms. The van der Waals surface area contributed by atoms with Crippen molar-refractivity contribution >= 4 is 12.0 Å². The summed E-state index contributed by atoms with van der Waals surface area (Å²) >= 11 is 0. The summed E-state index contributed by atoms with van der Waals surface area (Å²) in [6.45, 7) is 6.52. The first-order valence-corrected chi connectivity index (χ1v) is 7.87. The fourth-order valence-corrected chi connectivity index (χ4v) is 2.25. The van der Waals surface area contributed by atoms with E-state index in [9.17, 15) is 9.90 Å². The van der Waals surface area contributed by atoms with Crippen molar-refractivity contribution in [3.8, 4) is 5.75 Å². The molecule has 0 radical (unpaired) electrons. The summed E-state index contributed by atoms with van der Waals surface area (Å²) in [5, 5.41) is 19.3. The maximum atomic E-state index is 10.7. The first-order valence-electron chi connectivity index (χ1n) is 7.87. The Hall–Kier alpha value is -2.33. The second kappa shape index (κ2) is 9.73. The minimum atomic E-state index is -0.994. The van der Waals surface area contributed by atoms with E-state index in [1.807, 2.05) is 45.1 Å². The molecule has 1 aromatic carbocycles. The van der Waals surface area contributed by atoms with Crippen LogP contribution < -0.4 is 0 Å². The summed E-state index contributed by atoms with van der Waals surface area (Å²) in [4.78, 5) is 10.7. The number of aromatic hydroxyl groups is 1. The number of rotatable bonds is 8. The van der Waals surface area contributed by atoms with Gasteiger partial charge in [0.2, 0.25) is 0 Å². The van der Waals surface area contributed by atoms with Crippen LogP contribution in [-0.2, 0) is 22.4 Å². The molecule has 1 rings (SSSR count). The van der Waals surface area contributed by atoms with Gasteiger partial charge in [-0.15, -0.1) is 0 Å². The summed E-state index contributed by atoms with van der Waals surface area (Å²) in [6.07, 6.45) is 7.87. The lowest BCUT2D eigenvalue weighted by Gasteiger charge is -2.10. The van der Waals surface area contributed by atoms with Crippen LogP contribution in [0.4, 0.5) is 0 Å². The molecule has 130 valence electrons. The van der Waals surface area contributed by atoms with Gasteiger partial charge in [-0.3, -0.25) is 0 Å². The number of phenols is 1. The number of ether oxygens (including phenoxy) is 1. The van der Waals surface area contributed by atoms with Crippen LogP contribution in [0.15, 0.2) is 41.5 Å². The Morgan fingerprint density at radius 2 is 1.71 bits per heavy atom. The molecule has 0 aliphatic rings. The van der Waals surface area contributed by atoms with Crippen molar-refractivity contribution in [3.05, 3.63) is 58.2 Å². The lowest BCUT2D eigenvalue weighted by molar-refractivity contribution is -0.131. The van der Waals surface area contributed by atoms with E-state index in [-0.39, 0.29) is 5.75 Å². The predicted octanol–water partition coefficient (Wildman–Crippen LogP) is 4.13. The Balaban J connectivity index is 3.21. The Labute approximate surface area is 143 Å². The minimum absolute atomic E-state index is 0.265. The van der Waals surface area contributed by atoms with Gasteiger partial charge >= 0.3 is 5.97 Å². The van der Waals surface area contributed by atoms with Crippen LogP contribution in [0.3, 0.4) is 0 Å². The number of benzene rings is 1. The topological polar surface area (TPSA) is 66.8 Å². The highest BCUT2D eigenvalue weighted by Gasteiger charge is 2.08. The second-order valence-electron chi connectivity index (χ2n) is 6.03. The first-order chi connectivity index (χ1) is 11.3. The normalized spacial score (nSPS) is 11.8. The van der Waals surface area contributed by atoms with Crippen LogP contribution in [0.5, 0.6) is 5.75 Å². The van der Waals surface area contributed by atoms with Crippen LogP contribution in [0.25, 0.3) is 6.08 Å². The Bertz CT molecular complexity index is 662. The van der Waals surface area contributed by atoms with Gasteiger partial charge in [0.1, 0.15) is 5.75 Å². The molecule has 0 fully saturated rings. The summed E-state index contributed by atoms with van der Waals surface area (Å²) in [5.41, 5.74) is 4.57. The number of methoxy groups -OCH3 is 1. The van der Waals surface area contributed by atoms with Crippen LogP contribution in [0, 0.1) is 0 Å². The zero-order chi connectivity index (χ0) is 18.1. The molecule has 0 atom stereocenters. The average Bonchev–Trinajstić information content (AvgIpc) is 2.51. The predicted molar refractivity (Wildman–Crippen MR) is 97.2 cm³/mol. The van der Waals surface area contributed by atoms with Crippen molar-refractivity contribution in [2.75, 3.05) is 13.7 Å². The molecule has 0 heterocycles. The standard InChI is InChI=1S/C20H26O4/c1-14(2)5-8-17-11-16(7-10-19(21)22)12-18(20(17)23)9-6-15(3)13-24-4/h5-7,10-12,23H,8-9,13H2,1-4H3,(H,21,22). The number of carbonyl (C=O) groups is 1. The van der Waals surface area contributed by atoms with Crippen molar-refractivity contribution in [1.29, 1.82) is 0 Å². The summed E-state index contributed by atoms with van der Waals surface area (Å²) in [7, 11) is 1.64. The number of carboxylic acid groups (broad SMARTS) is 1. The van der Waals surface area contributed by atoms with Gasteiger partial charge in [0.25, 0.3) is 0 Å². The zero-order valence-corrected chi connectivity index (χ0v) is 14.8. The van der Waals surface area contributed by atoms with Crippen LogP contribution >= 0.6 is 0 Å². The molecule has 1 aromatic rings. The lowest BCUT2D eigenvalue weighted by Crippen LogP contribution is -1.95. The second-order valence-corrected chi connectivity index (χ2v) is 6.03. The number of hydrogen-bond acceptors (Lipinski definition) is 3. The zero-order valence-electron chi connectivity index (χ0n) is 14.8. The Morgan fingerprint density at radius 1 is 1.12 bits per heavy atom. The molecule has 0 aromatic heterocycles. The molecule has 0 bridgehead atoms. The highest BCUT2D eigenvalue weighted by atomic mass is 16.5. The minimum Gasteiger partial charge on any atom is -0.507 e. The molecule has 24 heavy (non-hydrogen) atoms. The summed E-state index contributed by atoms with van der Waals surface area (Å²) < 4.78 is 5.08. The fraction of sp³-hybridized carbons (Fsp3) is 0.350. The van der Waals surface area contributed by atoms with Gasteiger partial charge in [-0.1, -0.05) is 23.3 Å².